The van der Waals surface area contributed by atoms with Crippen LogP contribution in [0.3, 0.4) is 0 Å². The molecule has 0 aliphatic carbocycles. The fourth-order valence-corrected chi connectivity index (χ4v) is 4.11. The van der Waals surface area contributed by atoms with Gasteiger partial charge in [-0.1, -0.05) is 30.3 Å². The van der Waals surface area contributed by atoms with Gasteiger partial charge in [0.25, 0.3) is 0 Å². The molecule has 2 rings (SSSR count). The number of hydrogen-bond acceptors (Lipinski definition) is 4. The van der Waals surface area contributed by atoms with Crippen LogP contribution in [0.2, 0.25) is 0 Å². The number of thioether (sulfide) groups is 1. The number of aryl methyl sites for hydroxylation is 1. The van der Waals surface area contributed by atoms with E-state index in [9.17, 15) is 21.6 Å². The maximum atomic E-state index is 14.8. The fraction of sp³-hybridized carbons (Fsp3) is 0.294. The summed E-state index contributed by atoms with van der Waals surface area (Å²) in [5.41, 5.74) is 0.312. The smallest absolute Gasteiger partial charge is 0.243 e. The van der Waals surface area contributed by atoms with Crippen molar-refractivity contribution in [2.45, 2.75) is 36.1 Å². The van der Waals surface area contributed by atoms with E-state index in [1.807, 2.05) is 30.3 Å². The Morgan fingerprint density at radius 1 is 1.08 bits per heavy atom. The molecule has 26 heavy (non-hydrogen) atoms. The number of hydrogen-bond donors (Lipinski definition) is 2. The van der Waals surface area contributed by atoms with Crippen molar-refractivity contribution in [2.75, 3.05) is 11.1 Å². The van der Waals surface area contributed by atoms with Gasteiger partial charge in [0.1, 0.15) is 4.90 Å². The van der Waals surface area contributed by atoms with Crippen molar-refractivity contribution in [3.05, 3.63) is 53.3 Å². The summed E-state index contributed by atoms with van der Waals surface area (Å²) in [6, 6.07) is 8.84. The van der Waals surface area contributed by atoms with Crippen molar-refractivity contribution in [1.82, 2.24) is 0 Å². The third-order valence-corrected chi connectivity index (χ3v) is 5.44. The molecule has 0 aliphatic heterocycles. The lowest BCUT2D eigenvalue weighted by atomic mass is 10.2. The van der Waals surface area contributed by atoms with Gasteiger partial charge in [-0.15, -0.1) is 11.8 Å². The summed E-state index contributed by atoms with van der Waals surface area (Å²) in [6.07, 6.45) is 0.510. The van der Waals surface area contributed by atoms with Crippen LogP contribution in [-0.4, -0.2) is 20.2 Å². The normalized spacial score (nSPS) is 11.8. The first-order valence-corrected chi connectivity index (χ1v) is 10.3. The zero-order valence-corrected chi connectivity index (χ0v) is 15.9. The quantitative estimate of drug-likeness (QED) is 0.542. The van der Waals surface area contributed by atoms with Crippen LogP contribution in [0.25, 0.3) is 0 Å². The second-order valence-electron chi connectivity index (χ2n) is 5.90. The van der Waals surface area contributed by atoms with E-state index in [1.54, 1.807) is 13.8 Å². The molecule has 4 nitrogen and oxygen atoms in total. The van der Waals surface area contributed by atoms with Crippen LogP contribution in [0.15, 0.2) is 40.1 Å². The van der Waals surface area contributed by atoms with Crippen molar-refractivity contribution in [3.8, 4) is 0 Å². The van der Waals surface area contributed by atoms with Crippen LogP contribution in [0, 0.1) is 17.5 Å². The standard InChI is InChI=1S/C17H19F3N2O2S2/c1-10(2)22-15-14(20)16(12(18)13(19)17(15)26(21,23)24)25-9-8-11-6-4-3-5-7-11/h3-7,10,22H,8-9H2,1-2H3,(H2,21,23,24). The lowest BCUT2D eigenvalue weighted by molar-refractivity contribution is 0.448. The predicted octanol–water partition coefficient (Wildman–Crippen LogP) is 3.91. The number of rotatable bonds is 7. The lowest BCUT2D eigenvalue weighted by Gasteiger charge is -2.18. The van der Waals surface area contributed by atoms with Gasteiger partial charge in [0.2, 0.25) is 10.0 Å². The molecule has 0 atom stereocenters. The molecule has 142 valence electrons. The summed E-state index contributed by atoms with van der Waals surface area (Å²) in [5, 5.41) is 7.46. The molecule has 0 aromatic heterocycles. The molecule has 9 heteroatoms. The first-order valence-electron chi connectivity index (χ1n) is 7.79. The maximum absolute atomic E-state index is 14.8. The summed E-state index contributed by atoms with van der Waals surface area (Å²) >= 11 is 0.778. The average Bonchev–Trinajstić information content (AvgIpc) is 2.55. The van der Waals surface area contributed by atoms with E-state index in [2.05, 4.69) is 5.32 Å². The molecule has 2 aromatic rings. The average molecular weight is 404 g/mol. The second kappa shape index (κ2) is 8.32. The van der Waals surface area contributed by atoms with Gasteiger partial charge in [0, 0.05) is 11.8 Å². The van der Waals surface area contributed by atoms with Gasteiger partial charge in [-0.25, -0.2) is 26.7 Å². The number of benzene rings is 2. The SMILES string of the molecule is CC(C)Nc1c(F)c(SCCc2ccccc2)c(F)c(F)c1S(N)(=O)=O. The Kier molecular flexibility index (Phi) is 6.59. The molecule has 3 N–H and O–H groups in total. The number of nitrogens with one attached hydrogen (secondary N) is 1. The highest BCUT2D eigenvalue weighted by Gasteiger charge is 2.31. The van der Waals surface area contributed by atoms with Gasteiger partial charge in [-0.3, -0.25) is 0 Å². The highest BCUT2D eigenvalue weighted by atomic mass is 32.2. The minimum atomic E-state index is -4.66. The number of halogens is 3. The Morgan fingerprint density at radius 3 is 2.23 bits per heavy atom. The van der Waals surface area contributed by atoms with Gasteiger partial charge in [-0.05, 0) is 25.8 Å². The zero-order chi connectivity index (χ0) is 19.5. The minimum absolute atomic E-state index is 0.285. The molecule has 0 saturated heterocycles. The molecule has 0 amide bonds. The first-order chi connectivity index (χ1) is 12.1. The van der Waals surface area contributed by atoms with Crippen LogP contribution < -0.4 is 10.5 Å². The molecule has 0 saturated carbocycles. The van der Waals surface area contributed by atoms with Crippen molar-refractivity contribution in [2.24, 2.45) is 5.14 Å². The number of primary sulfonamides is 1. The number of anilines is 1. The summed E-state index contributed by atoms with van der Waals surface area (Å²) < 4.78 is 66.7. The number of sulfonamides is 1. The Labute approximate surface area is 155 Å². The summed E-state index contributed by atoms with van der Waals surface area (Å²) in [7, 11) is -4.66. The fourth-order valence-electron chi connectivity index (χ4n) is 2.35. The predicted molar refractivity (Wildman–Crippen MR) is 97.3 cm³/mol. The molecular formula is C17H19F3N2O2S2. The van der Waals surface area contributed by atoms with E-state index in [-0.39, 0.29) is 5.75 Å². The van der Waals surface area contributed by atoms with Crippen LogP contribution in [0.5, 0.6) is 0 Å². The van der Waals surface area contributed by atoms with Gasteiger partial charge in [0.05, 0.1) is 10.6 Å². The Bertz CT molecular complexity index is 889. The molecule has 0 spiro atoms. The third kappa shape index (κ3) is 4.72. The van der Waals surface area contributed by atoms with Gasteiger partial charge < -0.3 is 5.32 Å². The monoisotopic (exact) mass is 404 g/mol. The Hall–Kier alpha value is -1.71. The first kappa shape index (κ1) is 20.6. The van der Waals surface area contributed by atoms with Crippen molar-refractivity contribution in [3.63, 3.8) is 0 Å². The van der Waals surface area contributed by atoms with Crippen LogP contribution >= 0.6 is 11.8 Å². The van der Waals surface area contributed by atoms with Crippen LogP contribution in [0.1, 0.15) is 19.4 Å². The summed E-state index contributed by atoms with van der Waals surface area (Å²) in [6.45, 7) is 3.21. The van der Waals surface area contributed by atoms with E-state index in [0.29, 0.717) is 6.42 Å². The topological polar surface area (TPSA) is 72.2 Å². The molecule has 2 aromatic carbocycles. The van der Waals surface area contributed by atoms with E-state index in [4.69, 9.17) is 5.14 Å². The molecule has 0 heterocycles. The zero-order valence-electron chi connectivity index (χ0n) is 14.2. The maximum Gasteiger partial charge on any atom is 0.243 e. The Balaban J connectivity index is 2.41. The van der Waals surface area contributed by atoms with Gasteiger partial charge in [-0.2, -0.15) is 0 Å². The van der Waals surface area contributed by atoms with Crippen molar-refractivity contribution in [1.29, 1.82) is 0 Å². The van der Waals surface area contributed by atoms with Crippen LogP contribution in [0.4, 0.5) is 18.9 Å². The molecule has 0 unspecified atom stereocenters. The van der Waals surface area contributed by atoms with Gasteiger partial charge in [0.15, 0.2) is 17.5 Å². The van der Waals surface area contributed by atoms with E-state index >= 15 is 0 Å². The van der Waals surface area contributed by atoms with E-state index < -0.39 is 49.0 Å². The summed E-state index contributed by atoms with van der Waals surface area (Å²) in [5.74, 6) is -4.12. The minimum Gasteiger partial charge on any atom is -0.379 e. The van der Waals surface area contributed by atoms with E-state index in [0.717, 1.165) is 17.3 Å². The molecule has 0 fully saturated rings. The highest BCUT2D eigenvalue weighted by molar-refractivity contribution is 7.99. The third-order valence-electron chi connectivity index (χ3n) is 3.43. The number of nitrogens with two attached hydrogens (primary N) is 1. The lowest BCUT2D eigenvalue weighted by Crippen LogP contribution is -2.22. The second-order valence-corrected chi connectivity index (χ2v) is 8.51. The van der Waals surface area contributed by atoms with Gasteiger partial charge >= 0.3 is 0 Å². The van der Waals surface area contributed by atoms with Crippen LogP contribution in [-0.2, 0) is 16.4 Å². The van der Waals surface area contributed by atoms with E-state index in [1.165, 1.54) is 0 Å². The van der Waals surface area contributed by atoms with Crippen molar-refractivity contribution >= 4 is 27.5 Å². The largest absolute Gasteiger partial charge is 0.379 e. The van der Waals surface area contributed by atoms with Crippen molar-refractivity contribution < 1.29 is 21.6 Å². The highest BCUT2D eigenvalue weighted by Crippen LogP contribution is 2.37. The molecular weight excluding hydrogens is 385 g/mol. The molecule has 0 aliphatic rings. The summed E-state index contributed by atoms with van der Waals surface area (Å²) in [4.78, 5) is -1.78. The Morgan fingerprint density at radius 2 is 1.69 bits per heavy atom. The molecule has 0 radical (unpaired) electrons. The molecule has 0 bridgehead atoms.